The zero-order chi connectivity index (χ0) is 13.8. The zero-order valence-electron chi connectivity index (χ0n) is 10.7. The average molecular weight is 252 g/mol. The predicted molar refractivity (Wildman–Crippen MR) is 78.7 cm³/mol. The number of carboxylic acids is 1. The van der Waals surface area contributed by atoms with Crippen LogP contribution in [0.3, 0.4) is 0 Å². The van der Waals surface area contributed by atoms with Crippen LogP contribution in [0.5, 0.6) is 0 Å². The number of carbonyl (C=O) groups is 1. The van der Waals surface area contributed by atoms with Crippen molar-refractivity contribution in [3.63, 3.8) is 0 Å². The molecule has 0 fully saturated rings. The lowest BCUT2D eigenvalue weighted by Crippen LogP contribution is -2.02. The molecular weight excluding hydrogens is 236 g/mol. The summed E-state index contributed by atoms with van der Waals surface area (Å²) in [5.74, 6) is -0.896. The third kappa shape index (κ3) is 2.58. The number of allylic oxidation sites excluding steroid dienone is 2. The maximum Gasteiger partial charge on any atom is 0.335 e. The van der Waals surface area contributed by atoms with Crippen LogP contribution in [0.2, 0.25) is 0 Å². The summed E-state index contributed by atoms with van der Waals surface area (Å²) in [5, 5.41) is 11.4. The second-order valence-electron chi connectivity index (χ2n) is 4.44. The first-order chi connectivity index (χ1) is 9.17. The molecule has 2 nitrogen and oxygen atoms in total. The Labute approximate surface area is 112 Å². The molecule has 96 valence electrons. The fraction of sp³-hybridized carbons (Fsp3) is 0.118. The van der Waals surface area contributed by atoms with Crippen molar-refractivity contribution in [2.24, 2.45) is 0 Å². The van der Waals surface area contributed by atoms with Gasteiger partial charge < -0.3 is 5.11 Å². The highest BCUT2D eigenvalue weighted by Gasteiger charge is 2.12. The van der Waals surface area contributed by atoms with Gasteiger partial charge in [0.2, 0.25) is 0 Å². The Balaban J connectivity index is 2.73. The minimum atomic E-state index is -0.896. The first kappa shape index (κ1) is 13.1. The number of aromatic carboxylic acids is 1. The molecule has 0 aliphatic rings. The zero-order valence-corrected chi connectivity index (χ0v) is 10.7. The lowest BCUT2D eigenvalue weighted by Gasteiger charge is -2.10. The molecule has 0 aromatic heterocycles. The minimum absolute atomic E-state index is 0.351. The van der Waals surface area contributed by atoms with Crippen LogP contribution < -0.4 is 0 Å². The fourth-order valence-corrected chi connectivity index (χ4v) is 2.29. The minimum Gasteiger partial charge on any atom is -0.478 e. The summed E-state index contributed by atoms with van der Waals surface area (Å²) in [6, 6.07) is 9.69. The Morgan fingerprint density at radius 1 is 1.11 bits per heavy atom. The van der Waals surface area contributed by atoms with Crippen molar-refractivity contribution in [1.82, 2.24) is 0 Å². The highest BCUT2D eigenvalue weighted by molar-refractivity contribution is 5.97. The van der Waals surface area contributed by atoms with Gasteiger partial charge in [-0.15, -0.1) is 13.2 Å². The monoisotopic (exact) mass is 252 g/mol. The lowest BCUT2D eigenvalue weighted by atomic mass is 9.95. The van der Waals surface area contributed by atoms with E-state index in [1.54, 1.807) is 12.1 Å². The summed E-state index contributed by atoms with van der Waals surface area (Å²) in [7, 11) is 0. The summed E-state index contributed by atoms with van der Waals surface area (Å²) in [4.78, 5) is 11.4. The number of fused-ring (bicyclic) bond motifs is 1. The van der Waals surface area contributed by atoms with Crippen molar-refractivity contribution in [3.8, 4) is 0 Å². The number of hydrogen-bond donors (Lipinski definition) is 1. The first-order valence-corrected chi connectivity index (χ1v) is 6.17. The molecule has 0 atom stereocenters. The Morgan fingerprint density at radius 3 is 2.42 bits per heavy atom. The molecule has 0 saturated heterocycles. The number of rotatable bonds is 5. The van der Waals surface area contributed by atoms with Gasteiger partial charge in [0.05, 0.1) is 5.56 Å². The molecule has 2 aromatic carbocycles. The van der Waals surface area contributed by atoms with Crippen LogP contribution in [0, 0.1) is 0 Å². The Kier molecular flexibility index (Phi) is 3.81. The Hall–Kier alpha value is -2.35. The molecular formula is C17H16O2. The molecule has 0 spiro atoms. The highest BCUT2D eigenvalue weighted by Crippen LogP contribution is 2.25. The van der Waals surface area contributed by atoms with Gasteiger partial charge in [-0.3, -0.25) is 0 Å². The van der Waals surface area contributed by atoms with Gasteiger partial charge in [0.1, 0.15) is 0 Å². The van der Waals surface area contributed by atoms with Gasteiger partial charge in [-0.2, -0.15) is 0 Å². The first-order valence-electron chi connectivity index (χ1n) is 6.17. The van der Waals surface area contributed by atoms with Gasteiger partial charge in [-0.25, -0.2) is 4.79 Å². The van der Waals surface area contributed by atoms with E-state index in [0.717, 1.165) is 28.3 Å². The second kappa shape index (κ2) is 5.53. The summed E-state index contributed by atoms with van der Waals surface area (Å²) in [6.07, 6.45) is 4.84. The van der Waals surface area contributed by atoms with Crippen molar-refractivity contribution in [1.29, 1.82) is 0 Å². The molecule has 0 amide bonds. The molecule has 2 heteroatoms. The van der Waals surface area contributed by atoms with E-state index in [0.29, 0.717) is 12.0 Å². The SMILES string of the molecule is C=CCc1cc2cccc(CC=C)c2cc1C(=O)O. The van der Waals surface area contributed by atoms with E-state index >= 15 is 0 Å². The molecule has 0 radical (unpaired) electrons. The normalized spacial score (nSPS) is 10.3. The van der Waals surface area contributed by atoms with Crippen LogP contribution in [0.15, 0.2) is 55.6 Å². The molecule has 0 bridgehead atoms. The van der Waals surface area contributed by atoms with Gasteiger partial charge in [-0.05, 0) is 46.9 Å². The standard InChI is InChI=1S/C17H16O2/c1-3-6-12-8-5-9-14-10-13(7-4-2)16(17(18)19)11-15(12)14/h3-5,8-11H,1-2,6-7H2,(H,18,19). The predicted octanol–water partition coefficient (Wildman–Crippen LogP) is 4.00. The van der Waals surface area contributed by atoms with E-state index in [1.807, 2.05) is 30.3 Å². The maximum atomic E-state index is 11.4. The van der Waals surface area contributed by atoms with Crippen LogP contribution in [-0.2, 0) is 12.8 Å². The van der Waals surface area contributed by atoms with Crippen LogP contribution in [0.1, 0.15) is 21.5 Å². The molecule has 2 rings (SSSR count). The number of hydrogen-bond acceptors (Lipinski definition) is 1. The fourth-order valence-electron chi connectivity index (χ4n) is 2.29. The summed E-state index contributed by atoms with van der Waals surface area (Å²) < 4.78 is 0. The van der Waals surface area contributed by atoms with Crippen molar-refractivity contribution in [3.05, 3.63) is 72.3 Å². The third-order valence-electron chi connectivity index (χ3n) is 3.15. The van der Waals surface area contributed by atoms with Gasteiger partial charge in [0.15, 0.2) is 0 Å². The second-order valence-corrected chi connectivity index (χ2v) is 4.44. The number of benzene rings is 2. The Morgan fingerprint density at radius 2 is 1.79 bits per heavy atom. The lowest BCUT2D eigenvalue weighted by molar-refractivity contribution is 0.0696. The van der Waals surface area contributed by atoms with Gasteiger partial charge in [-0.1, -0.05) is 30.4 Å². The highest BCUT2D eigenvalue weighted by atomic mass is 16.4. The maximum absolute atomic E-state index is 11.4. The topological polar surface area (TPSA) is 37.3 Å². The van der Waals surface area contributed by atoms with Crippen molar-refractivity contribution < 1.29 is 9.90 Å². The molecule has 0 saturated carbocycles. The van der Waals surface area contributed by atoms with Crippen LogP contribution >= 0.6 is 0 Å². The average Bonchev–Trinajstić information content (AvgIpc) is 2.39. The smallest absolute Gasteiger partial charge is 0.335 e. The molecule has 0 unspecified atom stereocenters. The van der Waals surface area contributed by atoms with Crippen LogP contribution in [-0.4, -0.2) is 11.1 Å². The van der Waals surface area contributed by atoms with Crippen molar-refractivity contribution in [2.45, 2.75) is 12.8 Å². The van der Waals surface area contributed by atoms with Crippen LogP contribution in [0.25, 0.3) is 10.8 Å². The molecule has 0 aliphatic heterocycles. The molecule has 0 aliphatic carbocycles. The van der Waals surface area contributed by atoms with E-state index in [1.165, 1.54) is 0 Å². The largest absolute Gasteiger partial charge is 0.478 e. The van der Waals surface area contributed by atoms with E-state index in [-0.39, 0.29) is 0 Å². The van der Waals surface area contributed by atoms with Gasteiger partial charge >= 0.3 is 5.97 Å². The number of carboxylic acid groups (broad SMARTS) is 1. The molecule has 2 aromatic rings. The molecule has 0 heterocycles. The molecule has 1 N–H and O–H groups in total. The van der Waals surface area contributed by atoms with E-state index in [2.05, 4.69) is 13.2 Å². The van der Waals surface area contributed by atoms with Gasteiger partial charge in [0, 0.05) is 0 Å². The van der Waals surface area contributed by atoms with Gasteiger partial charge in [0.25, 0.3) is 0 Å². The summed E-state index contributed by atoms with van der Waals surface area (Å²) >= 11 is 0. The van der Waals surface area contributed by atoms with E-state index < -0.39 is 5.97 Å². The molecule has 19 heavy (non-hydrogen) atoms. The van der Waals surface area contributed by atoms with E-state index in [4.69, 9.17) is 0 Å². The van der Waals surface area contributed by atoms with Crippen LogP contribution in [0.4, 0.5) is 0 Å². The van der Waals surface area contributed by atoms with E-state index in [9.17, 15) is 9.90 Å². The summed E-state index contributed by atoms with van der Waals surface area (Å²) in [5.41, 5.74) is 2.25. The quantitative estimate of drug-likeness (QED) is 0.817. The third-order valence-corrected chi connectivity index (χ3v) is 3.15. The van der Waals surface area contributed by atoms with Crippen molar-refractivity contribution >= 4 is 16.7 Å². The van der Waals surface area contributed by atoms with Crippen molar-refractivity contribution in [2.75, 3.05) is 0 Å². The Bertz CT molecular complexity index is 654. The summed E-state index contributed by atoms with van der Waals surface area (Å²) in [6.45, 7) is 7.41.